The van der Waals surface area contributed by atoms with Crippen LogP contribution in [0, 0.1) is 17.6 Å². The molecule has 0 fully saturated rings. The Morgan fingerprint density at radius 3 is 2.54 bits per heavy atom. The van der Waals surface area contributed by atoms with Gasteiger partial charge in [-0.2, -0.15) is 4.98 Å². The fourth-order valence-electron chi connectivity index (χ4n) is 2.40. The van der Waals surface area contributed by atoms with E-state index in [1.54, 1.807) is 24.5 Å². The predicted octanol–water partition coefficient (Wildman–Crippen LogP) is 3.54. The quantitative estimate of drug-likeness (QED) is 0.754. The third-order valence-electron chi connectivity index (χ3n) is 3.71. The lowest BCUT2D eigenvalue weighted by Gasteiger charge is -2.18. The van der Waals surface area contributed by atoms with Crippen LogP contribution in [0.25, 0.3) is 11.4 Å². The van der Waals surface area contributed by atoms with Gasteiger partial charge in [-0.1, -0.05) is 19.0 Å². The van der Waals surface area contributed by atoms with Crippen molar-refractivity contribution in [2.75, 3.05) is 0 Å². The highest BCUT2D eigenvalue weighted by Crippen LogP contribution is 2.24. The standard InChI is InChI=1S/C18H16F2N4O2/c1-10(2)15(22-17(25)12-6-13(19)8-14(20)7-12)18-23-16(24-26-18)11-4-3-5-21-9-11/h3-10,15H,1-2H3,(H,22,25). The summed E-state index contributed by atoms with van der Waals surface area (Å²) in [6, 6.07) is 5.53. The van der Waals surface area contributed by atoms with E-state index < -0.39 is 23.6 Å². The van der Waals surface area contributed by atoms with Crippen molar-refractivity contribution < 1.29 is 18.1 Å². The molecule has 0 radical (unpaired) electrons. The Kier molecular flexibility index (Phi) is 5.01. The van der Waals surface area contributed by atoms with E-state index in [-0.39, 0.29) is 17.4 Å². The molecule has 1 amide bonds. The van der Waals surface area contributed by atoms with Gasteiger partial charge in [-0.3, -0.25) is 9.78 Å². The van der Waals surface area contributed by atoms with Crippen LogP contribution in [0.5, 0.6) is 0 Å². The normalized spacial score (nSPS) is 12.2. The lowest BCUT2D eigenvalue weighted by molar-refractivity contribution is 0.0913. The van der Waals surface area contributed by atoms with Crippen LogP contribution in [0.2, 0.25) is 0 Å². The van der Waals surface area contributed by atoms with Crippen molar-refractivity contribution in [3.05, 3.63) is 65.8 Å². The van der Waals surface area contributed by atoms with Crippen LogP contribution in [0.4, 0.5) is 8.78 Å². The van der Waals surface area contributed by atoms with Gasteiger partial charge in [0.05, 0.1) is 0 Å². The second kappa shape index (κ2) is 7.38. The minimum Gasteiger partial charge on any atom is -0.340 e. The fourth-order valence-corrected chi connectivity index (χ4v) is 2.40. The number of nitrogens with one attached hydrogen (secondary N) is 1. The predicted molar refractivity (Wildman–Crippen MR) is 88.9 cm³/mol. The van der Waals surface area contributed by atoms with Crippen molar-refractivity contribution in [3.63, 3.8) is 0 Å². The zero-order valence-electron chi connectivity index (χ0n) is 14.1. The highest BCUT2D eigenvalue weighted by molar-refractivity contribution is 5.94. The number of nitrogens with zero attached hydrogens (tertiary/aromatic N) is 3. The summed E-state index contributed by atoms with van der Waals surface area (Å²) in [6.07, 6.45) is 3.22. The number of amides is 1. The number of pyridine rings is 1. The Morgan fingerprint density at radius 1 is 1.19 bits per heavy atom. The Labute approximate surface area is 148 Å². The van der Waals surface area contributed by atoms with E-state index in [0.29, 0.717) is 17.5 Å². The molecular weight excluding hydrogens is 342 g/mol. The van der Waals surface area contributed by atoms with E-state index in [0.717, 1.165) is 12.1 Å². The molecule has 0 aliphatic rings. The lowest BCUT2D eigenvalue weighted by Crippen LogP contribution is -2.32. The van der Waals surface area contributed by atoms with Gasteiger partial charge in [-0.05, 0) is 30.2 Å². The fraction of sp³-hybridized carbons (Fsp3) is 0.222. The van der Waals surface area contributed by atoms with Crippen molar-refractivity contribution in [1.82, 2.24) is 20.4 Å². The third kappa shape index (κ3) is 3.90. The molecule has 134 valence electrons. The number of benzene rings is 1. The van der Waals surface area contributed by atoms with Gasteiger partial charge in [-0.25, -0.2) is 8.78 Å². The number of aromatic nitrogens is 3. The molecule has 0 aliphatic carbocycles. The van der Waals surface area contributed by atoms with E-state index in [9.17, 15) is 13.6 Å². The number of halogens is 2. The molecule has 3 aromatic rings. The zero-order valence-corrected chi connectivity index (χ0v) is 14.1. The number of rotatable bonds is 5. The Morgan fingerprint density at radius 2 is 1.92 bits per heavy atom. The number of carbonyl (C=O) groups is 1. The summed E-state index contributed by atoms with van der Waals surface area (Å²) >= 11 is 0. The van der Waals surface area contributed by atoms with Gasteiger partial charge in [-0.15, -0.1) is 0 Å². The highest BCUT2D eigenvalue weighted by atomic mass is 19.1. The maximum absolute atomic E-state index is 13.3. The van der Waals surface area contributed by atoms with Crippen LogP contribution in [0.3, 0.4) is 0 Å². The number of carbonyl (C=O) groups excluding carboxylic acids is 1. The molecule has 1 atom stereocenters. The van der Waals surface area contributed by atoms with Gasteiger partial charge in [0.25, 0.3) is 5.91 Å². The van der Waals surface area contributed by atoms with Crippen LogP contribution in [-0.2, 0) is 0 Å². The molecular formula is C18H16F2N4O2. The Hall–Kier alpha value is -3.16. The van der Waals surface area contributed by atoms with Gasteiger partial charge in [0.15, 0.2) is 0 Å². The first-order chi connectivity index (χ1) is 12.4. The summed E-state index contributed by atoms with van der Waals surface area (Å²) in [5.74, 6) is -1.85. The van der Waals surface area contributed by atoms with Gasteiger partial charge < -0.3 is 9.84 Å². The van der Waals surface area contributed by atoms with Gasteiger partial charge in [0.2, 0.25) is 11.7 Å². The average Bonchev–Trinajstić information content (AvgIpc) is 3.08. The monoisotopic (exact) mass is 358 g/mol. The van der Waals surface area contributed by atoms with Gasteiger partial charge >= 0.3 is 0 Å². The first-order valence-corrected chi connectivity index (χ1v) is 7.95. The largest absolute Gasteiger partial charge is 0.340 e. The molecule has 0 saturated carbocycles. The van der Waals surface area contributed by atoms with Crippen molar-refractivity contribution in [1.29, 1.82) is 0 Å². The van der Waals surface area contributed by atoms with Crippen LogP contribution < -0.4 is 5.32 Å². The smallest absolute Gasteiger partial charge is 0.252 e. The van der Waals surface area contributed by atoms with E-state index in [2.05, 4.69) is 20.4 Å². The average molecular weight is 358 g/mol. The van der Waals surface area contributed by atoms with Crippen molar-refractivity contribution in [2.45, 2.75) is 19.9 Å². The maximum atomic E-state index is 13.3. The maximum Gasteiger partial charge on any atom is 0.252 e. The summed E-state index contributed by atoms with van der Waals surface area (Å²) < 4.78 is 31.9. The SMILES string of the molecule is CC(C)C(NC(=O)c1cc(F)cc(F)c1)c1nc(-c2cccnc2)no1. The molecule has 6 nitrogen and oxygen atoms in total. The first-order valence-electron chi connectivity index (χ1n) is 7.95. The van der Waals surface area contributed by atoms with E-state index in [1.807, 2.05) is 13.8 Å². The number of hydrogen-bond acceptors (Lipinski definition) is 5. The first kappa shape index (κ1) is 17.7. The molecule has 2 aromatic heterocycles. The van der Waals surface area contributed by atoms with E-state index in [4.69, 9.17) is 4.52 Å². The van der Waals surface area contributed by atoms with Crippen molar-refractivity contribution >= 4 is 5.91 Å². The molecule has 26 heavy (non-hydrogen) atoms. The molecule has 0 bridgehead atoms. The van der Waals surface area contributed by atoms with Gasteiger partial charge in [0.1, 0.15) is 17.7 Å². The second-order valence-electron chi connectivity index (χ2n) is 6.05. The van der Waals surface area contributed by atoms with Crippen LogP contribution in [-0.4, -0.2) is 21.0 Å². The molecule has 1 N–H and O–H groups in total. The zero-order chi connectivity index (χ0) is 18.7. The molecule has 0 aliphatic heterocycles. The molecule has 8 heteroatoms. The highest BCUT2D eigenvalue weighted by Gasteiger charge is 2.25. The molecule has 1 unspecified atom stereocenters. The van der Waals surface area contributed by atoms with Crippen LogP contribution in [0.15, 0.2) is 47.2 Å². The van der Waals surface area contributed by atoms with Crippen LogP contribution in [0.1, 0.15) is 36.1 Å². The lowest BCUT2D eigenvalue weighted by atomic mass is 10.0. The summed E-state index contributed by atoms with van der Waals surface area (Å²) in [7, 11) is 0. The second-order valence-corrected chi connectivity index (χ2v) is 6.05. The minimum absolute atomic E-state index is 0.0976. The van der Waals surface area contributed by atoms with E-state index >= 15 is 0 Å². The molecule has 0 saturated heterocycles. The Bertz CT molecular complexity index is 892. The van der Waals surface area contributed by atoms with Crippen LogP contribution >= 0.6 is 0 Å². The molecule has 1 aromatic carbocycles. The topological polar surface area (TPSA) is 80.9 Å². The van der Waals surface area contributed by atoms with Crippen molar-refractivity contribution in [2.24, 2.45) is 5.92 Å². The molecule has 0 spiro atoms. The minimum atomic E-state index is -0.826. The summed E-state index contributed by atoms with van der Waals surface area (Å²) in [4.78, 5) is 20.7. The summed E-state index contributed by atoms with van der Waals surface area (Å²) in [5.41, 5.74) is 0.545. The Balaban J connectivity index is 1.84. The van der Waals surface area contributed by atoms with E-state index in [1.165, 1.54) is 0 Å². The number of hydrogen-bond donors (Lipinski definition) is 1. The van der Waals surface area contributed by atoms with Crippen molar-refractivity contribution in [3.8, 4) is 11.4 Å². The summed E-state index contributed by atoms with van der Waals surface area (Å²) in [5, 5.41) is 6.58. The van der Waals surface area contributed by atoms with Gasteiger partial charge in [0, 0.05) is 29.6 Å². The molecule has 3 rings (SSSR count). The third-order valence-corrected chi connectivity index (χ3v) is 3.71. The molecule has 2 heterocycles. The summed E-state index contributed by atoms with van der Waals surface area (Å²) in [6.45, 7) is 3.70.